The van der Waals surface area contributed by atoms with Crippen molar-refractivity contribution in [2.75, 3.05) is 23.9 Å². The minimum Gasteiger partial charge on any atom is -0.486 e. The van der Waals surface area contributed by atoms with E-state index in [9.17, 15) is 17.2 Å². The Morgan fingerprint density at radius 3 is 2.65 bits per heavy atom. The quantitative estimate of drug-likeness (QED) is 0.199. The summed E-state index contributed by atoms with van der Waals surface area (Å²) in [5.41, 5.74) is 2.53. The number of anilines is 2. The van der Waals surface area contributed by atoms with Gasteiger partial charge >= 0.3 is 0 Å². The molecule has 40 heavy (non-hydrogen) atoms. The fourth-order valence-corrected chi connectivity index (χ4v) is 4.54. The number of hydrogen-bond acceptors (Lipinski definition) is 8. The number of hydrogen-bond donors (Lipinski definition) is 2. The molecule has 0 bridgehead atoms. The maximum atomic E-state index is 14.8. The lowest BCUT2D eigenvalue weighted by atomic mass is 10.1. The van der Waals surface area contributed by atoms with Crippen LogP contribution in [-0.2, 0) is 23.0 Å². The van der Waals surface area contributed by atoms with Gasteiger partial charge in [0.05, 0.1) is 17.8 Å². The van der Waals surface area contributed by atoms with Gasteiger partial charge in [-0.2, -0.15) is 0 Å². The summed E-state index contributed by atoms with van der Waals surface area (Å²) in [6.07, 6.45) is 2.62. The van der Waals surface area contributed by atoms with Crippen LogP contribution in [0.5, 0.6) is 5.75 Å². The van der Waals surface area contributed by atoms with Crippen molar-refractivity contribution in [1.29, 1.82) is 0 Å². The molecule has 0 unspecified atom stereocenters. The molecule has 0 aliphatic heterocycles. The number of rotatable bonds is 11. The molecule has 5 aromatic rings. The van der Waals surface area contributed by atoms with Gasteiger partial charge in [-0.1, -0.05) is 12.1 Å². The second-order valence-corrected chi connectivity index (χ2v) is 11.5. The molecular weight excluding hydrogens is 538 g/mol. The van der Waals surface area contributed by atoms with Crippen LogP contribution in [-0.4, -0.2) is 36.9 Å². The molecule has 0 saturated carbocycles. The van der Waals surface area contributed by atoms with Gasteiger partial charge in [0, 0.05) is 35.5 Å². The van der Waals surface area contributed by atoms with Crippen LogP contribution in [0.25, 0.3) is 22.2 Å². The molecule has 206 valence electrons. The summed E-state index contributed by atoms with van der Waals surface area (Å²) in [5.74, 6) is 0.915. The second-order valence-electron chi connectivity index (χ2n) is 9.22. The van der Waals surface area contributed by atoms with Crippen LogP contribution in [0.15, 0.2) is 83.5 Å². The number of halogens is 2. The summed E-state index contributed by atoms with van der Waals surface area (Å²) in [7, 11) is -3.03. The van der Waals surface area contributed by atoms with Crippen molar-refractivity contribution in [3.63, 3.8) is 0 Å². The van der Waals surface area contributed by atoms with Crippen LogP contribution < -0.4 is 15.4 Å². The molecule has 0 spiro atoms. The van der Waals surface area contributed by atoms with Crippen LogP contribution in [0.1, 0.15) is 11.3 Å². The standard InChI is InChI=1S/C29H26F2N4O4S/c1-40(36,37)12-11-32-16-23-7-10-27(39-23)20-5-8-26-24(14-20)29(34-18-33-26)35-22-6-9-28(25(31)15-22)38-17-19-3-2-4-21(30)13-19/h2-10,13-15,18,32H,11-12,16-17H2,1H3,(H,33,34,35). The lowest BCUT2D eigenvalue weighted by Crippen LogP contribution is -2.21. The lowest BCUT2D eigenvalue weighted by molar-refractivity contribution is 0.290. The molecule has 2 N–H and O–H groups in total. The summed E-state index contributed by atoms with van der Waals surface area (Å²) in [5, 5.41) is 6.90. The molecule has 0 aliphatic rings. The Labute approximate surface area is 230 Å². The zero-order valence-corrected chi connectivity index (χ0v) is 22.3. The van der Waals surface area contributed by atoms with Crippen molar-refractivity contribution >= 4 is 32.2 Å². The summed E-state index contributed by atoms with van der Waals surface area (Å²) in [4.78, 5) is 8.67. The van der Waals surface area contributed by atoms with Crippen molar-refractivity contribution in [1.82, 2.24) is 15.3 Å². The van der Waals surface area contributed by atoms with Crippen LogP contribution in [0, 0.1) is 11.6 Å². The normalized spacial score (nSPS) is 11.6. The third-order valence-corrected chi connectivity index (χ3v) is 6.95. The van der Waals surface area contributed by atoms with Gasteiger partial charge in [-0.15, -0.1) is 0 Å². The molecule has 0 amide bonds. The van der Waals surface area contributed by atoms with Crippen molar-refractivity contribution in [3.8, 4) is 17.1 Å². The smallest absolute Gasteiger partial charge is 0.167 e. The minimum atomic E-state index is -3.03. The van der Waals surface area contributed by atoms with E-state index in [1.165, 1.54) is 36.8 Å². The fourth-order valence-electron chi connectivity index (χ4n) is 4.03. The highest BCUT2D eigenvalue weighted by Gasteiger charge is 2.12. The molecule has 2 heterocycles. The maximum absolute atomic E-state index is 14.8. The van der Waals surface area contributed by atoms with Crippen molar-refractivity contribution < 1.29 is 26.4 Å². The number of ether oxygens (including phenoxy) is 1. The Kier molecular flexibility index (Phi) is 8.04. The summed E-state index contributed by atoms with van der Waals surface area (Å²) in [6, 6.07) is 19.7. The minimum absolute atomic E-state index is 0.0337. The number of nitrogens with zero attached hydrogens (tertiary/aromatic N) is 2. The van der Waals surface area contributed by atoms with E-state index in [0.29, 0.717) is 52.6 Å². The van der Waals surface area contributed by atoms with Crippen LogP contribution in [0.3, 0.4) is 0 Å². The number of fused-ring (bicyclic) bond motifs is 1. The first-order valence-electron chi connectivity index (χ1n) is 12.4. The van der Waals surface area contributed by atoms with E-state index in [1.54, 1.807) is 18.2 Å². The Hall–Kier alpha value is -4.35. The molecule has 8 nitrogen and oxygen atoms in total. The van der Waals surface area contributed by atoms with Crippen molar-refractivity contribution in [2.45, 2.75) is 13.2 Å². The predicted octanol–water partition coefficient (Wildman–Crippen LogP) is 5.62. The van der Waals surface area contributed by atoms with E-state index < -0.39 is 15.7 Å². The summed E-state index contributed by atoms with van der Waals surface area (Å²) < 4.78 is 62.2. The van der Waals surface area contributed by atoms with E-state index in [1.807, 2.05) is 30.3 Å². The average Bonchev–Trinajstić information content (AvgIpc) is 3.39. The number of benzene rings is 3. The topological polar surface area (TPSA) is 106 Å². The highest BCUT2D eigenvalue weighted by atomic mass is 32.2. The van der Waals surface area contributed by atoms with Crippen molar-refractivity contribution in [3.05, 3.63) is 102 Å². The molecule has 2 aromatic heterocycles. The number of nitrogens with one attached hydrogen (secondary N) is 2. The average molecular weight is 565 g/mol. The monoisotopic (exact) mass is 564 g/mol. The highest BCUT2D eigenvalue weighted by molar-refractivity contribution is 7.90. The highest BCUT2D eigenvalue weighted by Crippen LogP contribution is 2.31. The molecule has 0 fully saturated rings. The van der Waals surface area contributed by atoms with Gasteiger partial charge in [0.1, 0.15) is 45.9 Å². The van der Waals surface area contributed by atoms with Crippen molar-refractivity contribution in [2.24, 2.45) is 0 Å². The van der Waals surface area contributed by atoms with Gasteiger partial charge in [0.2, 0.25) is 0 Å². The Morgan fingerprint density at radius 2 is 1.85 bits per heavy atom. The third-order valence-electron chi connectivity index (χ3n) is 6.01. The summed E-state index contributed by atoms with van der Waals surface area (Å²) in [6.45, 7) is 0.760. The van der Waals surface area contributed by atoms with E-state index in [-0.39, 0.29) is 23.9 Å². The van der Waals surface area contributed by atoms with Gasteiger partial charge in [-0.25, -0.2) is 27.2 Å². The van der Waals surface area contributed by atoms with Gasteiger partial charge in [-0.05, 0) is 60.2 Å². The molecule has 11 heteroatoms. The van der Waals surface area contributed by atoms with E-state index in [0.717, 1.165) is 5.56 Å². The van der Waals surface area contributed by atoms with E-state index in [4.69, 9.17) is 9.15 Å². The fraction of sp³-hybridized carbons (Fsp3) is 0.172. The Balaban J connectivity index is 1.29. The molecule has 0 atom stereocenters. The number of furan rings is 1. The van der Waals surface area contributed by atoms with Gasteiger partial charge in [0.15, 0.2) is 11.6 Å². The predicted molar refractivity (Wildman–Crippen MR) is 149 cm³/mol. The second kappa shape index (κ2) is 11.8. The lowest BCUT2D eigenvalue weighted by Gasteiger charge is -2.12. The first-order chi connectivity index (χ1) is 19.2. The molecule has 5 rings (SSSR count). The SMILES string of the molecule is CS(=O)(=O)CCNCc1ccc(-c2ccc3ncnc(Nc4ccc(OCc5cccc(F)c5)c(F)c4)c3c2)o1. The molecular formula is C29H26F2N4O4S. The molecule has 0 radical (unpaired) electrons. The zero-order valence-electron chi connectivity index (χ0n) is 21.5. The largest absolute Gasteiger partial charge is 0.486 e. The third kappa shape index (κ3) is 6.99. The van der Waals surface area contributed by atoms with E-state index >= 15 is 0 Å². The molecule has 0 saturated heterocycles. The van der Waals surface area contributed by atoms with Crippen LogP contribution in [0.4, 0.5) is 20.3 Å². The number of aromatic nitrogens is 2. The van der Waals surface area contributed by atoms with Gasteiger partial charge in [-0.3, -0.25) is 0 Å². The van der Waals surface area contributed by atoms with E-state index in [2.05, 4.69) is 20.6 Å². The Morgan fingerprint density at radius 1 is 0.975 bits per heavy atom. The maximum Gasteiger partial charge on any atom is 0.167 e. The van der Waals surface area contributed by atoms with Gasteiger partial charge < -0.3 is 19.8 Å². The van der Waals surface area contributed by atoms with Crippen LogP contribution >= 0.6 is 0 Å². The molecule has 0 aliphatic carbocycles. The van der Waals surface area contributed by atoms with Gasteiger partial charge in [0.25, 0.3) is 0 Å². The zero-order chi connectivity index (χ0) is 28.1. The summed E-state index contributed by atoms with van der Waals surface area (Å²) >= 11 is 0. The first kappa shape index (κ1) is 27.2. The molecule has 3 aromatic carbocycles. The number of sulfone groups is 1. The van der Waals surface area contributed by atoms with Crippen LogP contribution in [0.2, 0.25) is 0 Å². The first-order valence-corrected chi connectivity index (χ1v) is 14.5. The Bertz CT molecular complexity index is 1760.